The minimum atomic E-state index is -4.56. The maximum atomic E-state index is 12.9. The van der Waals surface area contributed by atoms with Crippen LogP contribution in [-0.4, -0.2) is 42.5 Å². The van der Waals surface area contributed by atoms with Crippen LogP contribution in [0.25, 0.3) is 15.9 Å². The number of hydrogen-bond acceptors (Lipinski definition) is 5. The predicted octanol–water partition coefficient (Wildman–Crippen LogP) is 3.33. The third-order valence-electron chi connectivity index (χ3n) is 3.79. The fraction of sp³-hybridized carbons (Fsp3) is 0.308. The Balaban J connectivity index is 2.01. The first-order valence-electron chi connectivity index (χ1n) is 7.13. The Hall–Kier alpha value is -1.13. The zero-order valence-corrected chi connectivity index (χ0v) is 16.5. The van der Waals surface area contributed by atoms with Crippen molar-refractivity contribution in [2.75, 3.05) is 0 Å². The van der Waals surface area contributed by atoms with Gasteiger partial charge in [0.25, 0.3) is 0 Å². The van der Waals surface area contributed by atoms with Gasteiger partial charge in [0, 0.05) is 0 Å². The predicted molar refractivity (Wildman–Crippen MR) is 88.2 cm³/mol. The normalized spacial score (nSPS) is 15.7. The van der Waals surface area contributed by atoms with Crippen molar-refractivity contribution in [3.8, 4) is 10.3 Å². The summed E-state index contributed by atoms with van der Waals surface area (Å²) in [6.45, 7) is 0. The molecule has 0 saturated heterocycles. The topological polar surface area (TPSA) is 77.2 Å². The van der Waals surface area contributed by atoms with Crippen LogP contribution in [0.2, 0.25) is 5.02 Å². The number of alkyl halides is 3. The van der Waals surface area contributed by atoms with Crippen LogP contribution in [0.5, 0.6) is 0 Å². The molecule has 26 heavy (non-hydrogen) atoms. The fourth-order valence-corrected chi connectivity index (χ4v) is 5.18. The van der Waals surface area contributed by atoms with Crippen LogP contribution < -0.4 is 0 Å². The number of hydrogen-bond donors (Lipinski definition) is 0. The van der Waals surface area contributed by atoms with Gasteiger partial charge in [-0.1, -0.05) is 0 Å². The quantitative estimate of drug-likeness (QED) is 0.416. The van der Waals surface area contributed by atoms with Crippen LogP contribution in [0.4, 0.5) is 13.2 Å². The van der Waals surface area contributed by atoms with Crippen molar-refractivity contribution >= 4 is 51.5 Å². The van der Waals surface area contributed by atoms with Gasteiger partial charge in [-0.15, -0.1) is 0 Å². The van der Waals surface area contributed by atoms with Crippen molar-refractivity contribution in [1.29, 1.82) is 0 Å². The molecule has 3 aromatic rings. The molecule has 0 unspecified atom stereocenters. The van der Waals surface area contributed by atoms with Gasteiger partial charge in [0.2, 0.25) is 0 Å². The maximum absolute atomic E-state index is 12.9. The summed E-state index contributed by atoms with van der Waals surface area (Å²) in [5.74, 6) is 0.0745. The summed E-state index contributed by atoms with van der Waals surface area (Å²) in [5.41, 5.74) is 1.11. The van der Waals surface area contributed by atoms with Gasteiger partial charge in [-0.25, -0.2) is 0 Å². The van der Waals surface area contributed by atoms with E-state index in [9.17, 15) is 21.6 Å². The Morgan fingerprint density at radius 2 is 1.96 bits per heavy atom. The van der Waals surface area contributed by atoms with E-state index in [0.29, 0.717) is 11.4 Å². The third-order valence-corrected chi connectivity index (χ3v) is 7.44. The molecular weight excluding hydrogens is 483 g/mol. The van der Waals surface area contributed by atoms with Crippen LogP contribution >= 0.6 is 22.3 Å². The molecule has 1 aliphatic carbocycles. The molecule has 0 spiro atoms. The van der Waals surface area contributed by atoms with E-state index in [1.165, 1.54) is 10.6 Å². The number of rotatable bonds is 3. The summed E-state index contributed by atoms with van der Waals surface area (Å²) >= 11 is 4.96. The average molecular weight is 490 g/mol. The van der Waals surface area contributed by atoms with E-state index in [1.807, 2.05) is 0 Å². The number of aromatic nitrogens is 4. The van der Waals surface area contributed by atoms with Crippen LogP contribution in [0.15, 0.2) is 17.2 Å². The Bertz CT molecular complexity index is 1140. The fourth-order valence-electron chi connectivity index (χ4n) is 2.52. The van der Waals surface area contributed by atoms with Crippen LogP contribution in [-0.2, 0) is 15.2 Å². The molecule has 0 aromatic carbocycles. The van der Waals surface area contributed by atoms with Gasteiger partial charge in [-0.2, -0.15) is 0 Å². The van der Waals surface area contributed by atoms with Crippen molar-refractivity contribution in [3.63, 3.8) is 0 Å². The van der Waals surface area contributed by atoms with Crippen molar-refractivity contribution in [2.45, 2.75) is 29.8 Å². The molecule has 0 atom stereocenters. The van der Waals surface area contributed by atoms with E-state index in [0.717, 1.165) is 18.9 Å². The minimum absolute atomic E-state index is 0.0305. The molecule has 138 valence electrons. The number of fused-ring (bicyclic) bond motifs is 1. The summed E-state index contributed by atoms with van der Waals surface area (Å²) in [6, 6.07) is 1.16. The molecule has 3 heterocycles. The monoisotopic (exact) mass is 490 g/mol. The number of nitrogens with zero attached hydrogens (tertiary/aromatic N) is 4. The summed E-state index contributed by atoms with van der Waals surface area (Å²) in [5, 5.41) is 6.98. The molecular formula is C13H7Cl2F3N4O2SSe. The van der Waals surface area contributed by atoms with Crippen molar-refractivity contribution in [3.05, 3.63) is 27.5 Å². The number of pyridine rings is 1. The van der Waals surface area contributed by atoms with Crippen molar-refractivity contribution < 1.29 is 21.6 Å². The summed E-state index contributed by atoms with van der Waals surface area (Å²) in [7, 11) is 1.30. The van der Waals surface area contributed by atoms with Gasteiger partial charge in [0.15, 0.2) is 0 Å². The summed E-state index contributed by atoms with van der Waals surface area (Å²) < 4.78 is 62.6. The number of imidazole rings is 1. The van der Waals surface area contributed by atoms with E-state index in [2.05, 4.69) is 15.2 Å². The van der Waals surface area contributed by atoms with Gasteiger partial charge < -0.3 is 0 Å². The Morgan fingerprint density at radius 1 is 1.27 bits per heavy atom. The van der Waals surface area contributed by atoms with E-state index in [-0.39, 0.29) is 26.1 Å². The second kappa shape index (κ2) is 5.93. The average Bonchev–Trinajstić information content (AvgIpc) is 3.09. The SMILES string of the molecule is O=S(=O)(Cl)c1cc(Cl)c2nc(C3CC3)c(-c3nnc(C(F)(F)F)[se]3)n2c1. The molecule has 0 bridgehead atoms. The van der Waals surface area contributed by atoms with E-state index in [1.54, 1.807) is 0 Å². The van der Waals surface area contributed by atoms with Crippen LogP contribution in [0.3, 0.4) is 0 Å². The first kappa shape index (κ1) is 18.2. The number of halogens is 5. The van der Waals surface area contributed by atoms with Crippen molar-refractivity contribution in [2.24, 2.45) is 0 Å². The molecule has 1 saturated carbocycles. The van der Waals surface area contributed by atoms with E-state index >= 15 is 0 Å². The van der Waals surface area contributed by atoms with Gasteiger partial charge in [0.05, 0.1) is 0 Å². The van der Waals surface area contributed by atoms with Crippen LogP contribution in [0, 0.1) is 0 Å². The molecule has 4 rings (SSSR count). The first-order chi connectivity index (χ1) is 12.1. The third kappa shape index (κ3) is 3.16. The Labute approximate surface area is 160 Å². The zero-order chi connectivity index (χ0) is 18.9. The van der Waals surface area contributed by atoms with E-state index < -0.39 is 34.3 Å². The zero-order valence-electron chi connectivity index (χ0n) is 12.5. The van der Waals surface area contributed by atoms with Gasteiger partial charge in [0.1, 0.15) is 0 Å². The van der Waals surface area contributed by atoms with Gasteiger partial charge >= 0.3 is 160 Å². The van der Waals surface area contributed by atoms with Crippen molar-refractivity contribution in [1.82, 2.24) is 19.6 Å². The van der Waals surface area contributed by atoms with Crippen LogP contribution in [0.1, 0.15) is 29.0 Å². The second-order valence-corrected chi connectivity index (χ2v) is 10.7. The summed E-state index contributed by atoms with van der Waals surface area (Å²) in [6.07, 6.45) is -1.69. The Morgan fingerprint density at radius 3 is 2.50 bits per heavy atom. The molecule has 1 aliphatic rings. The molecule has 13 heteroatoms. The van der Waals surface area contributed by atoms with E-state index in [4.69, 9.17) is 22.3 Å². The second-order valence-electron chi connectivity index (χ2n) is 5.69. The molecule has 0 aliphatic heterocycles. The molecule has 0 N–H and O–H groups in total. The Kier molecular flexibility index (Phi) is 4.16. The molecule has 1 fully saturated rings. The molecule has 6 nitrogen and oxygen atoms in total. The first-order valence-corrected chi connectivity index (χ1v) is 11.5. The van der Waals surface area contributed by atoms with Gasteiger partial charge in [-0.3, -0.25) is 0 Å². The summed E-state index contributed by atoms with van der Waals surface area (Å²) in [4.78, 5) is 4.14. The molecule has 3 aromatic heterocycles. The molecule has 0 radical (unpaired) electrons. The van der Waals surface area contributed by atoms with Gasteiger partial charge in [-0.05, 0) is 0 Å². The standard InChI is InChI=1S/C13H7Cl2F3N4O2SSe/c14-7-3-6(25(15,23)24)4-22-9(8(5-1-2-5)19-10(7)22)11-20-21-12(26-11)13(16,17)18/h3-5H,1-2H2. The molecule has 0 amide bonds.